The minimum Gasteiger partial charge on any atom is -0.264 e. The van der Waals surface area contributed by atoms with Crippen molar-refractivity contribution in [2.75, 3.05) is 6.61 Å². The molecule has 0 radical (unpaired) electrons. The summed E-state index contributed by atoms with van der Waals surface area (Å²) in [6, 6.07) is 0. The largest absolute Gasteiger partial charge is 0.397 e. The molecule has 19 heavy (non-hydrogen) atoms. The first-order valence-corrected chi connectivity index (χ1v) is 8.85. The van der Waals surface area contributed by atoms with E-state index in [9.17, 15) is 8.42 Å². The molecule has 0 rings (SSSR count). The molecule has 116 valence electrons. The average Bonchev–Trinajstić information content (AvgIpc) is 2.33. The van der Waals surface area contributed by atoms with Gasteiger partial charge in [0, 0.05) is 0 Å². The zero-order valence-corrected chi connectivity index (χ0v) is 13.4. The number of hydrogen-bond acceptors (Lipinski definition) is 3. The Bertz CT molecular complexity index is 301. The van der Waals surface area contributed by atoms with E-state index in [0.717, 1.165) is 6.42 Å². The van der Waals surface area contributed by atoms with Crippen LogP contribution >= 0.6 is 0 Å². The maximum Gasteiger partial charge on any atom is 0.397 e. The monoisotopic (exact) mass is 294 g/mol. The van der Waals surface area contributed by atoms with E-state index in [2.05, 4.69) is 18.0 Å². The van der Waals surface area contributed by atoms with Gasteiger partial charge in [-0.2, -0.15) is 8.42 Å². The summed E-state index contributed by atoms with van der Waals surface area (Å²) in [6.07, 6.45) is 10.1. The molecule has 0 heterocycles. The zero-order valence-electron chi connectivity index (χ0n) is 12.6. The molecule has 2 unspecified atom stereocenters. The Kier molecular flexibility index (Phi) is 10.6. The smallest absolute Gasteiger partial charge is 0.264 e. The Morgan fingerprint density at radius 3 is 2.00 bits per heavy atom. The highest BCUT2D eigenvalue weighted by atomic mass is 32.3. The molecule has 0 aromatic carbocycles. The summed E-state index contributed by atoms with van der Waals surface area (Å²) in [4.78, 5) is 0. The second kappa shape index (κ2) is 10.6. The lowest BCUT2D eigenvalue weighted by molar-refractivity contribution is 0.191. The first-order chi connectivity index (χ1) is 8.87. The van der Waals surface area contributed by atoms with Gasteiger partial charge in [-0.05, 0) is 11.8 Å². The molecule has 0 amide bonds. The molecule has 0 fully saturated rings. The molecular formula is C14H30O4S. The van der Waals surface area contributed by atoms with Crippen LogP contribution in [0.4, 0.5) is 0 Å². The minimum atomic E-state index is -4.29. The Balaban J connectivity index is 3.54. The molecule has 0 aliphatic rings. The van der Waals surface area contributed by atoms with E-state index < -0.39 is 10.4 Å². The summed E-state index contributed by atoms with van der Waals surface area (Å²) in [5.74, 6) is 0.555. The SMILES string of the molecule is CCCCCCCCCC(C)C(C)COS(=O)(=O)O. The van der Waals surface area contributed by atoms with Gasteiger partial charge in [-0.25, -0.2) is 4.18 Å². The first-order valence-electron chi connectivity index (χ1n) is 7.48. The Morgan fingerprint density at radius 1 is 0.947 bits per heavy atom. The summed E-state index contributed by atoms with van der Waals surface area (Å²) in [6.45, 7) is 6.35. The van der Waals surface area contributed by atoms with Gasteiger partial charge < -0.3 is 0 Å². The zero-order chi connectivity index (χ0) is 14.7. The molecule has 1 N–H and O–H groups in total. The molecule has 0 spiro atoms. The van der Waals surface area contributed by atoms with Crippen LogP contribution in [0.5, 0.6) is 0 Å². The predicted octanol–water partition coefficient (Wildman–Crippen LogP) is 4.22. The minimum absolute atomic E-state index is 0.0660. The molecule has 0 aromatic rings. The highest BCUT2D eigenvalue weighted by Gasteiger charge is 2.15. The Hall–Kier alpha value is -0.130. The van der Waals surface area contributed by atoms with Crippen LogP contribution in [-0.2, 0) is 14.6 Å². The molecule has 0 saturated carbocycles. The van der Waals surface area contributed by atoms with Crippen molar-refractivity contribution in [1.29, 1.82) is 0 Å². The number of unbranched alkanes of at least 4 members (excludes halogenated alkanes) is 6. The van der Waals surface area contributed by atoms with Gasteiger partial charge in [-0.3, -0.25) is 4.55 Å². The van der Waals surface area contributed by atoms with Gasteiger partial charge in [-0.1, -0.05) is 72.1 Å². The predicted molar refractivity (Wildman–Crippen MR) is 78.4 cm³/mol. The molecule has 0 aliphatic heterocycles. The standard InChI is InChI=1S/C14H30O4S/c1-4-5-6-7-8-9-10-11-13(2)14(3)12-18-19(15,16)17/h13-14H,4-12H2,1-3H3,(H,15,16,17). The van der Waals surface area contributed by atoms with Crippen LogP contribution in [0.15, 0.2) is 0 Å². The first kappa shape index (κ1) is 18.9. The molecule has 0 aromatic heterocycles. The Morgan fingerprint density at radius 2 is 1.47 bits per heavy atom. The fraction of sp³-hybridized carbons (Fsp3) is 1.00. The molecule has 2 atom stereocenters. The molecular weight excluding hydrogens is 264 g/mol. The Labute approximate surface area is 118 Å². The van der Waals surface area contributed by atoms with Crippen LogP contribution in [0.1, 0.15) is 72.1 Å². The third-order valence-electron chi connectivity index (χ3n) is 3.71. The molecule has 0 saturated heterocycles. The number of rotatable bonds is 12. The average molecular weight is 294 g/mol. The van der Waals surface area contributed by atoms with E-state index in [-0.39, 0.29) is 12.5 Å². The van der Waals surface area contributed by atoms with Crippen LogP contribution in [0.3, 0.4) is 0 Å². The molecule has 4 nitrogen and oxygen atoms in total. The summed E-state index contributed by atoms with van der Waals surface area (Å²) >= 11 is 0. The van der Waals surface area contributed by atoms with Crippen molar-refractivity contribution in [2.24, 2.45) is 11.8 Å². The fourth-order valence-corrected chi connectivity index (χ4v) is 2.45. The van der Waals surface area contributed by atoms with Crippen molar-refractivity contribution in [3.63, 3.8) is 0 Å². The van der Waals surface area contributed by atoms with Gasteiger partial charge in [0.1, 0.15) is 0 Å². The normalized spacial score (nSPS) is 15.4. The maximum absolute atomic E-state index is 10.5. The van der Waals surface area contributed by atoms with Gasteiger partial charge in [-0.15, -0.1) is 0 Å². The summed E-state index contributed by atoms with van der Waals surface area (Å²) in [5.41, 5.74) is 0. The third kappa shape index (κ3) is 12.6. The van der Waals surface area contributed by atoms with Crippen LogP contribution in [0.2, 0.25) is 0 Å². The van der Waals surface area contributed by atoms with Gasteiger partial charge >= 0.3 is 10.4 Å². The van der Waals surface area contributed by atoms with E-state index in [1.165, 1.54) is 44.9 Å². The second-order valence-corrected chi connectivity index (χ2v) is 6.67. The summed E-state index contributed by atoms with van der Waals surface area (Å²) in [7, 11) is -4.29. The summed E-state index contributed by atoms with van der Waals surface area (Å²) in [5, 5.41) is 0. The summed E-state index contributed by atoms with van der Waals surface area (Å²) < 4.78 is 33.9. The topological polar surface area (TPSA) is 63.6 Å². The van der Waals surface area contributed by atoms with Gasteiger partial charge in [0.2, 0.25) is 0 Å². The van der Waals surface area contributed by atoms with Crippen LogP contribution in [0, 0.1) is 11.8 Å². The molecule has 5 heteroatoms. The van der Waals surface area contributed by atoms with Crippen molar-refractivity contribution < 1.29 is 17.2 Å². The second-order valence-electron chi connectivity index (χ2n) is 5.58. The lowest BCUT2D eigenvalue weighted by Gasteiger charge is -2.18. The fourth-order valence-electron chi connectivity index (χ4n) is 2.07. The van der Waals surface area contributed by atoms with Gasteiger partial charge in [0.05, 0.1) is 6.61 Å². The third-order valence-corrected chi connectivity index (χ3v) is 4.15. The van der Waals surface area contributed by atoms with Crippen molar-refractivity contribution in [3.8, 4) is 0 Å². The highest BCUT2D eigenvalue weighted by molar-refractivity contribution is 7.80. The van der Waals surface area contributed by atoms with Crippen molar-refractivity contribution in [2.45, 2.75) is 72.1 Å². The van der Waals surface area contributed by atoms with Gasteiger partial charge in [0.25, 0.3) is 0 Å². The van der Waals surface area contributed by atoms with Crippen LogP contribution in [0.25, 0.3) is 0 Å². The molecule has 0 aliphatic carbocycles. The maximum atomic E-state index is 10.5. The van der Waals surface area contributed by atoms with Crippen molar-refractivity contribution >= 4 is 10.4 Å². The highest BCUT2D eigenvalue weighted by Crippen LogP contribution is 2.20. The number of hydrogen-bond donors (Lipinski definition) is 1. The lowest BCUT2D eigenvalue weighted by atomic mass is 9.91. The molecule has 0 bridgehead atoms. The van der Waals surface area contributed by atoms with E-state index in [1.54, 1.807) is 0 Å². The van der Waals surface area contributed by atoms with E-state index in [0.29, 0.717) is 5.92 Å². The van der Waals surface area contributed by atoms with Gasteiger partial charge in [0.15, 0.2) is 0 Å². The quantitative estimate of drug-likeness (QED) is 0.432. The lowest BCUT2D eigenvalue weighted by Crippen LogP contribution is -2.17. The van der Waals surface area contributed by atoms with Crippen LogP contribution < -0.4 is 0 Å². The van der Waals surface area contributed by atoms with Crippen molar-refractivity contribution in [1.82, 2.24) is 0 Å². The van der Waals surface area contributed by atoms with E-state index in [1.807, 2.05) is 6.92 Å². The van der Waals surface area contributed by atoms with Crippen molar-refractivity contribution in [3.05, 3.63) is 0 Å². The van der Waals surface area contributed by atoms with E-state index in [4.69, 9.17) is 4.55 Å². The van der Waals surface area contributed by atoms with Crippen LogP contribution in [-0.4, -0.2) is 19.6 Å². The van der Waals surface area contributed by atoms with E-state index >= 15 is 0 Å².